The zero-order chi connectivity index (χ0) is 7.40. The molecule has 2 heteroatoms. The summed E-state index contributed by atoms with van der Waals surface area (Å²) in [5.74, 6) is 0.979. The molecule has 0 amide bonds. The summed E-state index contributed by atoms with van der Waals surface area (Å²) in [5, 5.41) is 3.49. The first kappa shape index (κ1) is 8.78. The standard InChI is InChI=1S/C8H16IN/c1-7-2-4-8(5-3-7)10-6-9/h7-8,10H,2-6H2,1H3. The van der Waals surface area contributed by atoms with Crippen LogP contribution in [-0.4, -0.2) is 10.6 Å². The number of halogens is 1. The number of hydrogen-bond donors (Lipinski definition) is 1. The molecule has 0 atom stereocenters. The summed E-state index contributed by atoms with van der Waals surface area (Å²) in [7, 11) is 0. The molecule has 0 aliphatic heterocycles. The molecule has 60 valence electrons. The number of rotatable bonds is 2. The fourth-order valence-corrected chi connectivity index (χ4v) is 2.20. The first-order valence-electron chi connectivity index (χ1n) is 4.12. The Kier molecular flexibility index (Phi) is 3.99. The van der Waals surface area contributed by atoms with Gasteiger partial charge in [-0.15, -0.1) is 0 Å². The van der Waals surface area contributed by atoms with E-state index in [0.717, 1.165) is 16.5 Å². The van der Waals surface area contributed by atoms with E-state index in [2.05, 4.69) is 34.8 Å². The van der Waals surface area contributed by atoms with Gasteiger partial charge < -0.3 is 5.32 Å². The first-order chi connectivity index (χ1) is 4.83. The van der Waals surface area contributed by atoms with Crippen LogP contribution in [-0.2, 0) is 0 Å². The Labute approximate surface area is 77.1 Å². The first-order valence-corrected chi connectivity index (χ1v) is 5.65. The number of alkyl halides is 1. The lowest BCUT2D eigenvalue weighted by Gasteiger charge is -2.26. The molecule has 0 radical (unpaired) electrons. The minimum absolute atomic E-state index is 0.827. The molecule has 1 nitrogen and oxygen atoms in total. The molecule has 0 saturated heterocycles. The lowest BCUT2D eigenvalue weighted by molar-refractivity contribution is 0.318. The molecule has 0 heterocycles. The van der Waals surface area contributed by atoms with Gasteiger partial charge in [0.15, 0.2) is 0 Å². The van der Waals surface area contributed by atoms with Gasteiger partial charge in [0.05, 0.1) is 0 Å². The van der Waals surface area contributed by atoms with Crippen molar-refractivity contribution in [1.29, 1.82) is 0 Å². The van der Waals surface area contributed by atoms with Crippen molar-refractivity contribution < 1.29 is 0 Å². The third-order valence-corrected chi connectivity index (χ3v) is 2.82. The van der Waals surface area contributed by atoms with Gasteiger partial charge in [0.25, 0.3) is 0 Å². The van der Waals surface area contributed by atoms with Crippen LogP contribution in [0.25, 0.3) is 0 Å². The fourth-order valence-electron chi connectivity index (χ4n) is 1.57. The molecule has 1 rings (SSSR count). The Hall–Kier alpha value is 0.690. The van der Waals surface area contributed by atoms with Crippen LogP contribution in [0.3, 0.4) is 0 Å². The van der Waals surface area contributed by atoms with Crippen molar-refractivity contribution in [2.45, 2.75) is 38.6 Å². The van der Waals surface area contributed by atoms with E-state index in [-0.39, 0.29) is 0 Å². The maximum absolute atomic E-state index is 3.49. The van der Waals surface area contributed by atoms with Gasteiger partial charge in [-0.25, -0.2) is 0 Å². The Morgan fingerprint density at radius 1 is 1.30 bits per heavy atom. The van der Waals surface area contributed by atoms with Crippen LogP contribution in [0.2, 0.25) is 0 Å². The van der Waals surface area contributed by atoms with Crippen LogP contribution in [0.4, 0.5) is 0 Å². The molecule has 0 aromatic heterocycles. The predicted molar refractivity (Wildman–Crippen MR) is 53.4 cm³/mol. The zero-order valence-electron chi connectivity index (χ0n) is 6.57. The summed E-state index contributed by atoms with van der Waals surface area (Å²) in [6.45, 7) is 2.36. The van der Waals surface area contributed by atoms with Crippen molar-refractivity contribution in [2.75, 3.05) is 4.55 Å². The SMILES string of the molecule is CC1CCC(NCI)CC1. The van der Waals surface area contributed by atoms with Gasteiger partial charge >= 0.3 is 0 Å². The van der Waals surface area contributed by atoms with Gasteiger partial charge in [-0.3, -0.25) is 0 Å². The monoisotopic (exact) mass is 253 g/mol. The summed E-state index contributed by atoms with van der Waals surface area (Å²) in [6.07, 6.45) is 5.64. The zero-order valence-corrected chi connectivity index (χ0v) is 8.73. The highest BCUT2D eigenvalue weighted by Gasteiger charge is 2.16. The molecule has 0 aromatic carbocycles. The smallest absolute Gasteiger partial charge is 0.0482 e. The molecule has 0 aromatic rings. The third-order valence-electron chi connectivity index (χ3n) is 2.38. The highest BCUT2D eigenvalue weighted by atomic mass is 127. The minimum Gasteiger partial charge on any atom is -0.305 e. The van der Waals surface area contributed by atoms with Crippen molar-refractivity contribution in [3.8, 4) is 0 Å². The van der Waals surface area contributed by atoms with Crippen molar-refractivity contribution in [1.82, 2.24) is 5.32 Å². The maximum atomic E-state index is 3.49. The Morgan fingerprint density at radius 3 is 2.40 bits per heavy atom. The van der Waals surface area contributed by atoms with Crippen LogP contribution in [0.5, 0.6) is 0 Å². The third kappa shape index (κ3) is 2.74. The average Bonchev–Trinajstić information content (AvgIpc) is 1.95. The second-order valence-electron chi connectivity index (χ2n) is 3.29. The highest BCUT2D eigenvalue weighted by molar-refractivity contribution is 14.1. The van der Waals surface area contributed by atoms with Gasteiger partial charge in [-0.2, -0.15) is 0 Å². The second-order valence-corrected chi connectivity index (χ2v) is 4.06. The van der Waals surface area contributed by atoms with Gasteiger partial charge in [0.1, 0.15) is 0 Å². The molecule has 1 fully saturated rings. The average molecular weight is 253 g/mol. The Bertz CT molecular complexity index is 87.3. The summed E-state index contributed by atoms with van der Waals surface area (Å²) < 4.78 is 1.11. The van der Waals surface area contributed by atoms with Crippen molar-refractivity contribution in [2.24, 2.45) is 5.92 Å². The molecule has 1 N–H and O–H groups in total. The predicted octanol–water partition coefficient (Wildman–Crippen LogP) is 2.55. The van der Waals surface area contributed by atoms with Gasteiger partial charge in [-0.1, -0.05) is 29.5 Å². The summed E-state index contributed by atoms with van der Waals surface area (Å²) in [6, 6.07) is 0.827. The highest BCUT2D eigenvalue weighted by Crippen LogP contribution is 2.23. The van der Waals surface area contributed by atoms with E-state index < -0.39 is 0 Å². The summed E-state index contributed by atoms with van der Waals surface area (Å²) in [4.78, 5) is 0. The molecular weight excluding hydrogens is 237 g/mol. The van der Waals surface area contributed by atoms with E-state index >= 15 is 0 Å². The molecule has 1 aliphatic rings. The molecule has 0 bridgehead atoms. The lowest BCUT2D eigenvalue weighted by atomic mass is 9.87. The fraction of sp³-hybridized carbons (Fsp3) is 1.00. The molecule has 10 heavy (non-hydrogen) atoms. The largest absolute Gasteiger partial charge is 0.305 e. The minimum atomic E-state index is 0.827. The second kappa shape index (κ2) is 4.54. The van der Waals surface area contributed by atoms with Gasteiger partial charge in [0, 0.05) is 10.6 Å². The molecule has 1 saturated carbocycles. The van der Waals surface area contributed by atoms with Crippen molar-refractivity contribution >= 4 is 22.6 Å². The van der Waals surface area contributed by atoms with Crippen LogP contribution < -0.4 is 5.32 Å². The van der Waals surface area contributed by atoms with E-state index in [1.54, 1.807) is 0 Å². The quantitative estimate of drug-likeness (QED) is 0.453. The van der Waals surface area contributed by atoms with Crippen LogP contribution in [0, 0.1) is 5.92 Å². The maximum Gasteiger partial charge on any atom is 0.0482 e. The van der Waals surface area contributed by atoms with E-state index in [1.165, 1.54) is 25.7 Å². The lowest BCUT2D eigenvalue weighted by Crippen LogP contribution is -2.31. The number of hydrogen-bond acceptors (Lipinski definition) is 1. The summed E-state index contributed by atoms with van der Waals surface area (Å²) >= 11 is 2.38. The van der Waals surface area contributed by atoms with Gasteiger partial charge in [-0.05, 0) is 31.6 Å². The summed E-state index contributed by atoms with van der Waals surface area (Å²) in [5.41, 5.74) is 0. The van der Waals surface area contributed by atoms with Crippen molar-refractivity contribution in [3.63, 3.8) is 0 Å². The van der Waals surface area contributed by atoms with Crippen LogP contribution >= 0.6 is 22.6 Å². The number of nitrogens with one attached hydrogen (secondary N) is 1. The van der Waals surface area contributed by atoms with E-state index in [4.69, 9.17) is 0 Å². The Morgan fingerprint density at radius 2 is 1.90 bits per heavy atom. The normalized spacial score (nSPS) is 34.2. The topological polar surface area (TPSA) is 12.0 Å². The Balaban J connectivity index is 2.13. The van der Waals surface area contributed by atoms with E-state index in [9.17, 15) is 0 Å². The van der Waals surface area contributed by atoms with Crippen molar-refractivity contribution in [3.05, 3.63) is 0 Å². The van der Waals surface area contributed by atoms with E-state index in [0.29, 0.717) is 0 Å². The van der Waals surface area contributed by atoms with Crippen LogP contribution in [0.15, 0.2) is 0 Å². The molecular formula is C8H16IN. The van der Waals surface area contributed by atoms with Gasteiger partial charge in [0.2, 0.25) is 0 Å². The van der Waals surface area contributed by atoms with Crippen LogP contribution in [0.1, 0.15) is 32.6 Å². The van der Waals surface area contributed by atoms with E-state index in [1.807, 2.05) is 0 Å². The molecule has 0 spiro atoms. The molecule has 0 unspecified atom stereocenters. The molecule has 1 aliphatic carbocycles.